The average molecular weight is 269 g/mol. The van der Waals surface area contributed by atoms with E-state index in [1.54, 1.807) is 6.20 Å². The fraction of sp³-hybridized carbons (Fsp3) is 0.312. The maximum absolute atomic E-state index is 6.03. The molecule has 1 aromatic heterocycles. The Bertz CT molecular complexity index is 563. The summed E-state index contributed by atoms with van der Waals surface area (Å²) in [4.78, 5) is 1.89. The smallest absolute Gasteiger partial charge is 0.234 e. The van der Waals surface area contributed by atoms with Crippen molar-refractivity contribution in [2.75, 3.05) is 4.90 Å². The van der Waals surface area contributed by atoms with Gasteiger partial charge in [-0.3, -0.25) is 4.90 Å². The zero-order valence-corrected chi connectivity index (χ0v) is 11.5. The van der Waals surface area contributed by atoms with Gasteiger partial charge in [-0.25, -0.2) is 0 Å². The van der Waals surface area contributed by atoms with Crippen molar-refractivity contribution in [3.05, 3.63) is 54.4 Å². The molecule has 0 fully saturated rings. The van der Waals surface area contributed by atoms with Crippen LogP contribution in [-0.4, -0.2) is 11.4 Å². The lowest BCUT2D eigenvalue weighted by Crippen LogP contribution is -2.27. The molecule has 3 rings (SSSR count). The van der Waals surface area contributed by atoms with Gasteiger partial charge in [0.2, 0.25) is 5.88 Å². The zero-order chi connectivity index (χ0) is 13.8. The summed E-state index contributed by atoms with van der Waals surface area (Å²) in [6.45, 7) is 2.17. The van der Waals surface area contributed by atoms with Gasteiger partial charge < -0.3 is 9.26 Å². The van der Waals surface area contributed by atoms with Gasteiger partial charge in [0.1, 0.15) is 6.20 Å². The Kier molecular flexibility index (Phi) is 3.72. The molecular formula is C16H17N2O2. The van der Waals surface area contributed by atoms with Crippen LogP contribution in [0.5, 0.6) is 0 Å². The van der Waals surface area contributed by atoms with Gasteiger partial charge in [0.15, 0.2) is 12.0 Å². The molecule has 0 amide bonds. The standard InChI is InChI=1S/C16H17N2O2/c1-2-3-9-15-18(16-10-11-17-20-16)12-14(19-15)13-7-5-4-6-8-13/h4-8,10-11,15H,2-3,9H2,1H3. The fourth-order valence-electron chi connectivity index (χ4n) is 2.22. The van der Waals surface area contributed by atoms with Crippen molar-refractivity contribution in [1.29, 1.82) is 0 Å². The van der Waals surface area contributed by atoms with Crippen LogP contribution in [0.25, 0.3) is 5.76 Å². The first-order valence-electron chi connectivity index (χ1n) is 6.94. The van der Waals surface area contributed by atoms with Gasteiger partial charge in [-0.15, -0.1) is 0 Å². The van der Waals surface area contributed by atoms with Crippen molar-refractivity contribution in [2.24, 2.45) is 0 Å². The average Bonchev–Trinajstić information content (AvgIpc) is 3.15. The predicted molar refractivity (Wildman–Crippen MR) is 76.5 cm³/mol. The number of nitrogens with zero attached hydrogens (tertiary/aromatic N) is 2. The molecule has 0 spiro atoms. The summed E-state index contributed by atoms with van der Waals surface area (Å²) < 4.78 is 11.3. The van der Waals surface area contributed by atoms with Crippen molar-refractivity contribution < 1.29 is 9.26 Å². The molecule has 1 aromatic carbocycles. The van der Waals surface area contributed by atoms with Crippen molar-refractivity contribution in [1.82, 2.24) is 5.16 Å². The van der Waals surface area contributed by atoms with Crippen molar-refractivity contribution >= 4 is 11.6 Å². The number of aromatic nitrogens is 1. The summed E-state index contributed by atoms with van der Waals surface area (Å²) >= 11 is 0. The summed E-state index contributed by atoms with van der Waals surface area (Å²) in [5.74, 6) is 1.42. The highest BCUT2D eigenvalue weighted by Gasteiger charge is 2.30. The van der Waals surface area contributed by atoms with E-state index in [1.165, 1.54) is 0 Å². The SMILES string of the molecule is CCCCC1OC(c2ccccc2)=[C]N1c1ccno1. The van der Waals surface area contributed by atoms with E-state index in [0.717, 1.165) is 30.6 Å². The quantitative estimate of drug-likeness (QED) is 0.827. The van der Waals surface area contributed by atoms with Crippen LogP contribution in [0.2, 0.25) is 0 Å². The summed E-state index contributed by atoms with van der Waals surface area (Å²) in [7, 11) is 0. The Labute approximate surface area is 118 Å². The Hall–Kier alpha value is -2.23. The van der Waals surface area contributed by atoms with E-state index in [1.807, 2.05) is 41.3 Å². The Balaban J connectivity index is 1.85. The first-order chi connectivity index (χ1) is 9.88. The van der Waals surface area contributed by atoms with Crippen LogP contribution in [0.3, 0.4) is 0 Å². The molecular weight excluding hydrogens is 252 g/mol. The Morgan fingerprint density at radius 3 is 2.80 bits per heavy atom. The van der Waals surface area contributed by atoms with E-state index in [2.05, 4.69) is 18.3 Å². The summed E-state index contributed by atoms with van der Waals surface area (Å²) in [5, 5.41) is 3.76. The molecule has 4 nitrogen and oxygen atoms in total. The third kappa shape index (κ3) is 2.54. The molecule has 1 aliphatic rings. The number of hydrogen-bond acceptors (Lipinski definition) is 4. The highest BCUT2D eigenvalue weighted by Crippen LogP contribution is 2.32. The molecule has 2 heterocycles. The molecule has 103 valence electrons. The van der Waals surface area contributed by atoms with E-state index >= 15 is 0 Å². The van der Waals surface area contributed by atoms with E-state index in [4.69, 9.17) is 9.26 Å². The van der Waals surface area contributed by atoms with Crippen molar-refractivity contribution in [2.45, 2.75) is 32.4 Å². The van der Waals surface area contributed by atoms with E-state index < -0.39 is 0 Å². The third-order valence-electron chi connectivity index (χ3n) is 3.27. The van der Waals surface area contributed by atoms with Crippen molar-refractivity contribution in [3.8, 4) is 0 Å². The molecule has 1 unspecified atom stereocenters. The van der Waals surface area contributed by atoms with Gasteiger partial charge in [-0.1, -0.05) is 48.8 Å². The second-order valence-electron chi connectivity index (χ2n) is 4.74. The van der Waals surface area contributed by atoms with Gasteiger partial charge in [-0.2, -0.15) is 0 Å². The maximum atomic E-state index is 6.03. The van der Waals surface area contributed by atoms with Crippen LogP contribution in [-0.2, 0) is 4.74 Å². The molecule has 0 saturated heterocycles. The van der Waals surface area contributed by atoms with Gasteiger partial charge in [-0.05, 0) is 6.42 Å². The molecule has 0 aliphatic carbocycles. The zero-order valence-electron chi connectivity index (χ0n) is 11.5. The fourth-order valence-corrected chi connectivity index (χ4v) is 2.22. The predicted octanol–water partition coefficient (Wildman–Crippen LogP) is 3.83. The summed E-state index contributed by atoms with van der Waals surface area (Å²) in [6.07, 6.45) is 7.98. The molecule has 0 N–H and O–H groups in total. The number of anilines is 1. The first-order valence-corrected chi connectivity index (χ1v) is 6.94. The molecule has 1 atom stereocenters. The van der Waals surface area contributed by atoms with Crippen LogP contribution >= 0.6 is 0 Å². The van der Waals surface area contributed by atoms with E-state index in [-0.39, 0.29) is 6.23 Å². The normalized spacial score (nSPS) is 17.9. The molecule has 1 aliphatic heterocycles. The lowest BCUT2D eigenvalue weighted by atomic mass is 10.2. The molecule has 4 heteroatoms. The number of rotatable bonds is 5. The Morgan fingerprint density at radius 1 is 1.25 bits per heavy atom. The molecule has 20 heavy (non-hydrogen) atoms. The topological polar surface area (TPSA) is 38.5 Å². The van der Waals surface area contributed by atoms with Gasteiger partial charge in [0, 0.05) is 18.1 Å². The number of benzene rings is 1. The second kappa shape index (κ2) is 5.82. The van der Waals surface area contributed by atoms with Crippen molar-refractivity contribution in [3.63, 3.8) is 0 Å². The second-order valence-corrected chi connectivity index (χ2v) is 4.74. The minimum atomic E-state index is -0.0712. The monoisotopic (exact) mass is 269 g/mol. The van der Waals surface area contributed by atoms with Crippen LogP contribution in [0, 0.1) is 6.20 Å². The molecule has 0 bridgehead atoms. The highest BCUT2D eigenvalue weighted by atomic mass is 16.5. The minimum Gasteiger partial charge on any atom is -0.467 e. The molecule has 2 aromatic rings. The number of ether oxygens (including phenoxy) is 1. The number of unbranched alkanes of at least 4 members (excludes halogenated alkanes) is 1. The Morgan fingerprint density at radius 2 is 2.10 bits per heavy atom. The highest BCUT2D eigenvalue weighted by molar-refractivity contribution is 5.63. The van der Waals surface area contributed by atoms with E-state index in [9.17, 15) is 0 Å². The lowest BCUT2D eigenvalue weighted by Gasteiger charge is -2.20. The van der Waals surface area contributed by atoms with Gasteiger partial charge in [0.05, 0.1) is 6.20 Å². The first kappa shape index (κ1) is 12.8. The largest absolute Gasteiger partial charge is 0.467 e. The number of hydrogen-bond donors (Lipinski definition) is 0. The van der Waals surface area contributed by atoms with Crippen LogP contribution in [0.15, 0.2) is 47.1 Å². The van der Waals surface area contributed by atoms with Crippen LogP contribution in [0.4, 0.5) is 5.88 Å². The van der Waals surface area contributed by atoms with Crippen LogP contribution in [0.1, 0.15) is 31.7 Å². The maximum Gasteiger partial charge on any atom is 0.234 e. The van der Waals surface area contributed by atoms with E-state index in [0.29, 0.717) is 5.88 Å². The summed E-state index contributed by atoms with van der Waals surface area (Å²) in [6, 6.07) is 11.8. The molecule has 0 saturated carbocycles. The van der Waals surface area contributed by atoms with Gasteiger partial charge >= 0.3 is 0 Å². The summed E-state index contributed by atoms with van der Waals surface area (Å²) in [5.41, 5.74) is 1.02. The molecule has 1 radical (unpaired) electrons. The van der Waals surface area contributed by atoms with Gasteiger partial charge in [0.25, 0.3) is 0 Å². The minimum absolute atomic E-state index is 0.0712. The lowest BCUT2D eigenvalue weighted by molar-refractivity contribution is 0.173. The van der Waals surface area contributed by atoms with Crippen LogP contribution < -0.4 is 4.90 Å². The third-order valence-corrected chi connectivity index (χ3v) is 3.27.